The van der Waals surface area contributed by atoms with Gasteiger partial charge in [0.2, 0.25) is 10.0 Å². The lowest BCUT2D eigenvalue weighted by Gasteiger charge is -2.14. The van der Waals surface area contributed by atoms with Crippen molar-refractivity contribution >= 4 is 15.8 Å². The van der Waals surface area contributed by atoms with Gasteiger partial charge >= 0.3 is 6.18 Å². The predicted molar refractivity (Wildman–Crippen MR) is 118 cm³/mol. The topological polar surface area (TPSA) is 81.1 Å². The number of carbonyl (C=O) groups excluding carboxylic acids is 1. The van der Waals surface area contributed by atoms with Crippen LogP contribution in [0, 0.1) is 0 Å². The molecule has 1 heterocycles. The van der Waals surface area contributed by atoms with Gasteiger partial charge in [-0.25, -0.2) is 13.1 Å². The number of halogens is 3. The average Bonchev–Trinajstić information content (AvgIpc) is 3.21. The second-order valence-corrected chi connectivity index (χ2v) is 9.66. The number of rotatable bonds is 9. The number of hydrogen-bond acceptors (Lipinski definition) is 4. The molecule has 2 aromatic carbocycles. The fourth-order valence-electron chi connectivity index (χ4n) is 3.28. The maximum Gasteiger partial charge on any atom is 0.402 e. The van der Waals surface area contributed by atoms with Crippen LogP contribution in [0.3, 0.4) is 0 Å². The predicted octanol–water partition coefficient (Wildman–Crippen LogP) is 4.33. The van der Waals surface area contributed by atoms with E-state index in [1.54, 1.807) is 33.8 Å². The van der Waals surface area contributed by atoms with Crippen molar-refractivity contribution in [2.24, 2.45) is 0 Å². The third kappa shape index (κ3) is 6.75. The standard InChI is InChI=1S/C23H24F3N3O3S/c1-16(2)29-11-10-19(28-29)14-20(30)12-18-13-21(33(31,32)27-15-23(24,25)26)8-9-22(18)17-6-4-3-5-7-17/h3-11,13,16,27H,12,14-15H2,1-2H3. The summed E-state index contributed by atoms with van der Waals surface area (Å²) < 4.78 is 65.7. The quantitative estimate of drug-likeness (QED) is 0.496. The molecule has 0 aliphatic carbocycles. The van der Waals surface area contributed by atoms with E-state index in [-0.39, 0.29) is 29.6 Å². The van der Waals surface area contributed by atoms with Crippen molar-refractivity contribution in [1.82, 2.24) is 14.5 Å². The lowest BCUT2D eigenvalue weighted by atomic mass is 9.95. The number of Topliss-reactive ketones (excluding diaryl/α,β-unsaturated/α-hetero) is 1. The molecular weight excluding hydrogens is 455 g/mol. The summed E-state index contributed by atoms with van der Waals surface area (Å²) in [6, 6.07) is 14.9. The molecule has 0 bridgehead atoms. The van der Waals surface area contributed by atoms with E-state index < -0.39 is 22.7 Å². The van der Waals surface area contributed by atoms with Crippen LogP contribution < -0.4 is 4.72 Å². The van der Waals surface area contributed by atoms with Crippen LogP contribution in [0.2, 0.25) is 0 Å². The molecule has 0 aliphatic heterocycles. The van der Waals surface area contributed by atoms with Crippen LogP contribution >= 0.6 is 0 Å². The Kier molecular flexibility index (Phi) is 7.38. The number of sulfonamides is 1. The first-order valence-corrected chi connectivity index (χ1v) is 11.7. The highest BCUT2D eigenvalue weighted by atomic mass is 32.2. The third-order valence-corrected chi connectivity index (χ3v) is 6.29. The van der Waals surface area contributed by atoms with E-state index in [9.17, 15) is 26.4 Å². The van der Waals surface area contributed by atoms with E-state index >= 15 is 0 Å². The summed E-state index contributed by atoms with van der Waals surface area (Å²) >= 11 is 0. The van der Waals surface area contributed by atoms with E-state index in [4.69, 9.17) is 0 Å². The molecule has 0 aliphatic rings. The molecule has 0 saturated heterocycles. The Morgan fingerprint density at radius 2 is 1.76 bits per heavy atom. The van der Waals surface area contributed by atoms with Gasteiger partial charge in [0, 0.05) is 18.7 Å². The van der Waals surface area contributed by atoms with E-state index in [1.807, 2.05) is 32.0 Å². The molecule has 1 aromatic heterocycles. The molecule has 0 saturated carbocycles. The van der Waals surface area contributed by atoms with Crippen molar-refractivity contribution in [3.8, 4) is 11.1 Å². The Morgan fingerprint density at radius 3 is 2.36 bits per heavy atom. The van der Waals surface area contributed by atoms with Gasteiger partial charge in [0.1, 0.15) is 12.3 Å². The summed E-state index contributed by atoms with van der Waals surface area (Å²) in [5.74, 6) is -0.195. The molecule has 3 rings (SSSR count). The Balaban J connectivity index is 1.90. The molecule has 3 aromatic rings. The zero-order valence-corrected chi connectivity index (χ0v) is 18.9. The highest BCUT2D eigenvalue weighted by Crippen LogP contribution is 2.27. The first kappa shape index (κ1) is 24.7. The summed E-state index contributed by atoms with van der Waals surface area (Å²) in [5.41, 5.74) is 2.39. The molecule has 0 fully saturated rings. The molecule has 0 amide bonds. The van der Waals surface area contributed by atoms with Gasteiger partial charge in [0.15, 0.2) is 0 Å². The van der Waals surface area contributed by atoms with Gasteiger partial charge in [-0.1, -0.05) is 36.4 Å². The number of ketones is 1. The molecule has 0 spiro atoms. The average molecular weight is 480 g/mol. The highest BCUT2D eigenvalue weighted by molar-refractivity contribution is 7.89. The van der Waals surface area contributed by atoms with Gasteiger partial charge in [-0.15, -0.1) is 0 Å². The van der Waals surface area contributed by atoms with Gasteiger partial charge in [-0.2, -0.15) is 18.3 Å². The van der Waals surface area contributed by atoms with Gasteiger partial charge in [-0.3, -0.25) is 9.48 Å². The third-order valence-electron chi connectivity index (χ3n) is 4.89. The van der Waals surface area contributed by atoms with Gasteiger partial charge in [-0.05, 0) is 48.7 Å². The number of nitrogens with one attached hydrogen (secondary N) is 1. The smallest absolute Gasteiger partial charge is 0.299 e. The number of benzene rings is 2. The van der Waals surface area contributed by atoms with Crippen molar-refractivity contribution < 1.29 is 26.4 Å². The molecule has 0 unspecified atom stereocenters. The second-order valence-electron chi connectivity index (χ2n) is 7.90. The maximum atomic E-state index is 12.8. The van der Waals surface area contributed by atoms with Crippen molar-refractivity contribution in [1.29, 1.82) is 0 Å². The van der Waals surface area contributed by atoms with Gasteiger partial charge in [0.05, 0.1) is 17.0 Å². The number of nitrogens with zero attached hydrogens (tertiary/aromatic N) is 2. The van der Waals surface area contributed by atoms with Crippen molar-refractivity contribution in [3.05, 3.63) is 72.1 Å². The van der Waals surface area contributed by atoms with Crippen LogP contribution in [-0.2, 0) is 27.7 Å². The Hall–Kier alpha value is -2.98. The minimum Gasteiger partial charge on any atom is -0.299 e. The van der Waals surface area contributed by atoms with Crippen LogP contribution in [0.4, 0.5) is 13.2 Å². The normalized spacial score (nSPS) is 12.3. The summed E-state index contributed by atoms with van der Waals surface area (Å²) in [7, 11) is -4.41. The Bertz CT molecular complexity index is 1220. The molecule has 33 heavy (non-hydrogen) atoms. The zero-order valence-electron chi connectivity index (χ0n) is 18.1. The number of hydrogen-bond donors (Lipinski definition) is 1. The molecule has 0 radical (unpaired) electrons. The van der Waals surface area contributed by atoms with Crippen LogP contribution in [0.15, 0.2) is 65.7 Å². The molecule has 6 nitrogen and oxygen atoms in total. The largest absolute Gasteiger partial charge is 0.402 e. The molecule has 176 valence electrons. The maximum absolute atomic E-state index is 12.8. The van der Waals surface area contributed by atoms with Crippen LogP contribution in [-0.4, -0.2) is 36.7 Å². The molecule has 10 heteroatoms. The fraction of sp³-hybridized carbons (Fsp3) is 0.304. The highest BCUT2D eigenvalue weighted by Gasteiger charge is 2.30. The van der Waals surface area contributed by atoms with Gasteiger partial charge in [0.25, 0.3) is 0 Å². The lowest BCUT2D eigenvalue weighted by Crippen LogP contribution is -2.33. The van der Waals surface area contributed by atoms with E-state index in [2.05, 4.69) is 5.10 Å². The summed E-state index contributed by atoms with van der Waals surface area (Å²) in [6.45, 7) is 2.25. The first-order valence-electron chi connectivity index (χ1n) is 10.2. The number of aromatic nitrogens is 2. The van der Waals surface area contributed by atoms with Crippen molar-refractivity contribution in [2.75, 3.05) is 6.54 Å². The van der Waals surface area contributed by atoms with E-state index in [0.717, 1.165) is 5.56 Å². The number of alkyl halides is 3. The molecule has 0 atom stereocenters. The zero-order chi connectivity index (χ0) is 24.2. The van der Waals surface area contributed by atoms with E-state index in [1.165, 1.54) is 18.2 Å². The summed E-state index contributed by atoms with van der Waals surface area (Å²) in [4.78, 5) is 12.5. The molecule has 1 N–H and O–H groups in total. The fourth-order valence-corrected chi connectivity index (χ4v) is 4.34. The van der Waals surface area contributed by atoms with Crippen molar-refractivity contribution in [3.63, 3.8) is 0 Å². The van der Waals surface area contributed by atoms with Crippen LogP contribution in [0.5, 0.6) is 0 Å². The molecular formula is C23H24F3N3O3S. The number of carbonyl (C=O) groups is 1. The summed E-state index contributed by atoms with van der Waals surface area (Å²) in [5, 5.41) is 4.36. The summed E-state index contributed by atoms with van der Waals surface area (Å²) in [6.07, 6.45) is -2.95. The van der Waals surface area contributed by atoms with Crippen LogP contribution in [0.1, 0.15) is 31.1 Å². The lowest BCUT2D eigenvalue weighted by molar-refractivity contribution is -0.121. The Morgan fingerprint density at radius 1 is 1.06 bits per heavy atom. The van der Waals surface area contributed by atoms with E-state index in [0.29, 0.717) is 16.8 Å². The van der Waals surface area contributed by atoms with Crippen molar-refractivity contribution in [2.45, 2.75) is 43.8 Å². The monoisotopic (exact) mass is 479 g/mol. The minimum atomic E-state index is -4.69. The SMILES string of the molecule is CC(C)n1ccc(CC(=O)Cc2cc(S(=O)(=O)NCC(F)(F)F)ccc2-c2ccccc2)n1. The van der Waals surface area contributed by atoms with Crippen LogP contribution in [0.25, 0.3) is 11.1 Å². The first-order chi connectivity index (χ1) is 15.4. The van der Waals surface area contributed by atoms with Gasteiger partial charge < -0.3 is 0 Å². The Labute approximate surface area is 190 Å². The minimum absolute atomic E-state index is 0.0528. The second kappa shape index (κ2) is 9.88.